The van der Waals surface area contributed by atoms with E-state index in [1.165, 1.54) is 4.57 Å². The van der Waals surface area contributed by atoms with Gasteiger partial charge >= 0.3 is 11.7 Å². The Kier molecular flexibility index (Phi) is 4.10. The third-order valence-electron chi connectivity index (χ3n) is 2.81. The van der Waals surface area contributed by atoms with Crippen molar-refractivity contribution < 1.29 is 9.90 Å². The minimum absolute atomic E-state index is 0.0772. The van der Waals surface area contributed by atoms with Crippen molar-refractivity contribution in [1.82, 2.24) is 19.5 Å². The maximum absolute atomic E-state index is 11.9. The van der Waals surface area contributed by atoms with Gasteiger partial charge in [-0.1, -0.05) is 13.8 Å². The number of carboxylic acid groups (broad SMARTS) is 1. The highest BCUT2D eigenvalue weighted by molar-refractivity contribution is 5.73. The lowest BCUT2D eigenvalue weighted by Gasteiger charge is -2.07. The van der Waals surface area contributed by atoms with Crippen LogP contribution in [0.1, 0.15) is 20.3 Å². The first-order valence-corrected chi connectivity index (χ1v) is 6.57. The van der Waals surface area contributed by atoms with Gasteiger partial charge in [-0.25, -0.2) is 4.79 Å². The number of rotatable bonds is 6. The molecule has 4 N–H and O–H groups in total. The highest BCUT2D eigenvalue weighted by atomic mass is 16.4. The second-order valence-corrected chi connectivity index (χ2v) is 5.12. The monoisotopic (exact) mass is 295 g/mol. The molecule has 9 heteroatoms. The molecule has 2 heterocycles. The second-order valence-electron chi connectivity index (χ2n) is 5.12. The number of hydrogen-bond acceptors (Lipinski definition) is 5. The van der Waals surface area contributed by atoms with Crippen molar-refractivity contribution in [3.8, 4) is 0 Å². The zero-order valence-electron chi connectivity index (χ0n) is 11.8. The first-order chi connectivity index (χ1) is 9.88. The summed E-state index contributed by atoms with van der Waals surface area (Å²) in [6.07, 6.45) is -0.0772. The van der Waals surface area contributed by atoms with Crippen molar-refractivity contribution in [2.24, 2.45) is 5.92 Å². The summed E-state index contributed by atoms with van der Waals surface area (Å²) in [6, 6.07) is 0. The fourth-order valence-corrected chi connectivity index (χ4v) is 1.95. The van der Waals surface area contributed by atoms with Crippen molar-refractivity contribution in [2.75, 3.05) is 11.9 Å². The second kappa shape index (κ2) is 5.81. The Morgan fingerprint density at radius 2 is 2.10 bits per heavy atom. The molecule has 0 bridgehead atoms. The van der Waals surface area contributed by atoms with Gasteiger partial charge in [0.15, 0.2) is 11.2 Å². The number of aromatic amines is 2. The summed E-state index contributed by atoms with van der Waals surface area (Å²) in [5.74, 6) is -0.468. The van der Waals surface area contributed by atoms with Crippen molar-refractivity contribution >= 4 is 23.1 Å². The van der Waals surface area contributed by atoms with E-state index < -0.39 is 17.2 Å². The summed E-state index contributed by atoms with van der Waals surface area (Å²) >= 11 is 0. The summed E-state index contributed by atoms with van der Waals surface area (Å²) in [5.41, 5.74) is -0.609. The van der Waals surface area contributed by atoms with Gasteiger partial charge in [-0.2, -0.15) is 4.98 Å². The number of aliphatic carboxylic acids is 1. The van der Waals surface area contributed by atoms with Gasteiger partial charge in [-0.3, -0.25) is 19.1 Å². The molecule has 0 radical (unpaired) electrons. The first kappa shape index (κ1) is 14.8. The molecule has 0 amide bonds. The van der Waals surface area contributed by atoms with Crippen molar-refractivity contribution in [2.45, 2.75) is 26.8 Å². The van der Waals surface area contributed by atoms with E-state index in [1.807, 2.05) is 13.8 Å². The summed E-state index contributed by atoms with van der Waals surface area (Å²) in [6.45, 7) is 4.48. The van der Waals surface area contributed by atoms with E-state index in [0.717, 1.165) is 0 Å². The molecule has 0 unspecified atom stereocenters. The number of nitrogens with zero attached hydrogens (tertiary/aromatic N) is 2. The lowest BCUT2D eigenvalue weighted by molar-refractivity contribution is -0.136. The SMILES string of the molecule is CC(C)Cn1c(=O)[nH]c(=O)c2[nH]c(NCCC(=O)O)nc21. The number of nitrogens with one attached hydrogen (secondary N) is 3. The average Bonchev–Trinajstić information content (AvgIpc) is 2.78. The summed E-state index contributed by atoms with van der Waals surface area (Å²) in [5, 5.41) is 11.4. The third-order valence-corrected chi connectivity index (χ3v) is 2.81. The van der Waals surface area contributed by atoms with Crippen molar-refractivity contribution in [3.05, 3.63) is 20.8 Å². The van der Waals surface area contributed by atoms with E-state index in [0.29, 0.717) is 6.54 Å². The Labute approximate surface area is 119 Å². The predicted molar refractivity (Wildman–Crippen MR) is 76.6 cm³/mol. The summed E-state index contributed by atoms with van der Waals surface area (Å²) in [4.78, 5) is 43.3. The molecule has 9 nitrogen and oxygen atoms in total. The van der Waals surface area contributed by atoms with Crippen LogP contribution < -0.4 is 16.6 Å². The number of carboxylic acids is 1. The number of fused-ring (bicyclic) bond motifs is 1. The van der Waals surface area contributed by atoms with Crippen LogP contribution in [0.5, 0.6) is 0 Å². The fourth-order valence-electron chi connectivity index (χ4n) is 1.95. The molecule has 0 saturated heterocycles. The Morgan fingerprint density at radius 3 is 2.71 bits per heavy atom. The zero-order chi connectivity index (χ0) is 15.6. The van der Waals surface area contributed by atoms with Gasteiger partial charge in [0.05, 0.1) is 6.42 Å². The number of imidazole rings is 1. The van der Waals surface area contributed by atoms with Crippen LogP contribution in [0.4, 0.5) is 5.95 Å². The van der Waals surface area contributed by atoms with E-state index in [4.69, 9.17) is 5.11 Å². The van der Waals surface area contributed by atoms with Crippen molar-refractivity contribution in [3.63, 3.8) is 0 Å². The largest absolute Gasteiger partial charge is 0.481 e. The molecular formula is C12H17N5O4. The Bertz CT molecular complexity index is 770. The van der Waals surface area contributed by atoms with Crippen molar-refractivity contribution in [1.29, 1.82) is 0 Å². The molecule has 0 aliphatic heterocycles. The summed E-state index contributed by atoms with van der Waals surface area (Å²) < 4.78 is 1.39. The molecule has 0 fully saturated rings. The van der Waals surface area contributed by atoms with Gasteiger partial charge in [0.25, 0.3) is 5.56 Å². The van der Waals surface area contributed by atoms with E-state index in [9.17, 15) is 14.4 Å². The van der Waals surface area contributed by atoms with Gasteiger partial charge in [-0.05, 0) is 5.92 Å². The highest BCUT2D eigenvalue weighted by Gasteiger charge is 2.13. The maximum atomic E-state index is 11.9. The topological polar surface area (TPSA) is 133 Å². The lowest BCUT2D eigenvalue weighted by atomic mass is 10.2. The molecule has 0 aliphatic rings. The average molecular weight is 295 g/mol. The van der Waals surface area contributed by atoms with Gasteiger partial charge < -0.3 is 15.4 Å². The molecular weight excluding hydrogens is 278 g/mol. The standard InChI is InChI=1S/C12H17N5O4/c1-6(2)5-17-9-8(10(20)16-12(17)21)14-11(15-9)13-4-3-7(18)19/h6H,3-5H2,1-2H3,(H,18,19)(H2,13,14,15)(H,16,20,21). The number of hydrogen-bond donors (Lipinski definition) is 4. The van der Waals surface area contributed by atoms with Gasteiger partial charge in [0.1, 0.15) is 0 Å². The van der Waals surface area contributed by atoms with Gasteiger partial charge in [0.2, 0.25) is 5.95 Å². The van der Waals surface area contributed by atoms with E-state index in [1.54, 1.807) is 0 Å². The minimum Gasteiger partial charge on any atom is -0.481 e. The molecule has 21 heavy (non-hydrogen) atoms. The van der Waals surface area contributed by atoms with Crippen LogP contribution in [0.15, 0.2) is 9.59 Å². The number of carbonyl (C=O) groups is 1. The Hall–Kier alpha value is -2.58. The van der Waals surface area contributed by atoms with Crippen LogP contribution in [0.3, 0.4) is 0 Å². The van der Waals surface area contributed by atoms with Crippen LogP contribution in [-0.4, -0.2) is 37.1 Å². The molecule has 0 saturated carbocycles. The summed E-state index contributed by atoms with van der Waals surface area (Å²) in [7, 11) is 0. The van der Waals surface area contributed by atoms with Gasteiger partial charge in [0, 0.05) is 13.1 Å². The van der Waals surface area contributed by atoms with Crippen LogP contribution in [-0.2, 0) is 11.3 Å². The molecule has 0 aliphatic carbocycles. The third kappa shape index (κ3) is 3.30. The zero-order valence-corrected chi connectivity index (χ0v) is 11.8. The normalized spacial score (nSPS) is 11.2. The molecule has 2 aromatic rings. The van der Waals surface area contributed by atoms with Gasteiger partial charge in [-0.15, -0.1) is 0 Å². The molecule has 2 rings (SSSR count). The van der Waals surface area contributed by atoms with Crippen LogP contribution in [0.2, 0.25) is 0 Å². The van der Waals surface area contributed by atoms with E-state index in [-0.39, 0.29) is 36.0 Å². The molecule has 0 spiro atoms. The molecule has 0 atom stereocenters. The number of aromatic nitrogens is 4. The highest BCUT2D eigenvalue weighted by Crippen LogP contribution is 2.10. The Morgan fingerprint density at radius 1 is 1.38 bits per heavy atom. The lowest BCUT2D eigenvalue weighted by Crippen LogP contribution is -2.31. The Balaban J connectivity index is 2.40. The maximum Gasteiger partial charge on any atom is 0.330 e. The van der Waals surface area contributed by atoms with Crippen LogP contribution in [0, 0.1) is 5.92 Å². The van der Waals surface area contributed by atoms with Crippen LogP contribution in [0.25, 0.3) is 11.2 Å². The fraction of sp³-hybridized carbons (Fsp3) is 0.500. The molecule has 2 aromatic heterocycles. The first-order valence-electron chi connectivity index (χ1n) is 6.57. The number of H-pyrrole nitrogens is 2. The molecule has 0 aromatic carbocycles. The smallest absolute Gasteiger partial charge is 0.330 e. The van der Waals surface area contributed by atoms with Crippen LogP contribution >= 0.6 is 0 Å². The molecule has 114 valence electrons. The van der Waals surface area contributed by atoms with E-state index in [2.05, 4.69) is 20.3 Å². The predicted octanol–water partition coefficient (Wildman–Crippen LogP) is -0.0445. The van der Waals surface area contributed by atoms with E-state index >= 15 is 0 Å². The quantitative estimate of drug-likeness (QED) is 0.591. The number of anilines is 1. The minimum atomic E-state index is -0.937.